The van der Waals surface area contributed by atoms with E-state index in [1.54, 1.807) is 30.3 Å². The topological polar surface area (TPSA) is 110 Å². The van der Waals surface area contributed by atoms with Gasteiger partial charge in [-0.1, -0.05) is 30.3 Å². The summed E-state index contributed by atoms with van der Waals surface area (Å²) in [6.07, 6.45) is 0. The second-order valence-electron chi connectivity index (χ2n) is 4.79. The van der Waals surface area contributed by atoms with Gasteiger partial charge in [-0.15, -0.1) is 0 Å². The molecule has 0 amide bonds. The molecule has 0 aliphatic rings. The molecule has 0 spiro atoms. The van der Waals surface area contributed by atoms with Gasteiger partial charge in [0.25, 0.3) is 5.69 Å². The predicted molar refractivity (Wildman–Crippen MR) is 82.3 cm³/mol. The highest BCUT2D eigenvalue weighted by Gasteiger charge is 2.17. The lowest BCUT2D eigenvalue weighted by atomic mass is 10.0. The van der Waals surface area contributed by atoms with Gasteiger partial charge < -0.3 is 10.4 Å². The summed E-state index contributed by atoms with van der Waals surface area (Å²) in [4.78, 5) is 33.4. The first kappa shape index (κ1) is 16.3. The minimum Gasteiger partial charge on any atom is -0.480 e. The molecule has 0 heterocycles. The van der Waals surface area contributed by atoms with Gasteiger partial charge >= 0.3 is 5.97 Å². The summed E-state index contributed by atoms with van der Waals surface area (Å²) in [6, 6.07) is 12.6. The molecular formula is C16H14N2O5. The summed E-state index contributed by atoms with van der Waals surface area (Å²) >= 11 is 0. The summed E-state index contributed by atoms with van der Waals surface area (Å²) in [7, 11) is 0. The lowest BCUT2D eigenvalue weighted by molar-refractivity contribution is -0.385. The van der Waals surface area contributed by atoms with Crippen LogP contribution >= 0.6 is 0 Å². The minimum atomic E-state index is -1.07. The molecule has 7 nitrogen and oxygen atoms in total. The van der Waals surface area contributed by atoms with E-state index in [0.717, 1.165) is 0 Å². The number of carbonyl (C=O) groups excluding carboxylic acids is 1. The maximum absolute atomic E-state index is 12.4. The zero-order valence-corrected chi connectivity index (χ0v) is 12.1. The van der Waals surface area contributed by atoms with Crippen LogP contribution in [0.3, 0.4) is 0 Å². The summed E-state index contributed by atoms with van der Waals surface area (Å²) in [5.74, 6) is -1.32. The van der Waals surface area contributed by atoms with Crippen LogP contribution in [0.25, 0.3) is 0 Å². The molecule has 7 heteroatoms. The number of rotatable bonds is 7. The van der Waals surface area contributed by atoms with E-state index < -0.39 is 10.9 Å². The molecule has 0 bridgehead atoms. The Bertz CT molecular complexity index is 743. The van der Waals surface area contributed by atoms with Gasteiger partial charge in [-0.2, -0.15) is 0 Å². The monoisotopic (exact) mass is 314 g/mol. The van der Waals surface area contributed by atoms with Gasteiger partial charge in [-0.25, -0.2) is 0 Å². The average molecular weight is 314 g/mol. The molecule has 0 aliphatic carbocycles. The van der Waals surface area contributed by atoms with Crippen LogP contribution in [0.4, 0.5) is 5.69 Å². The Labute approximate surface area is 131 Å². The number of carboxylic acids is 1. The zero-order valence-electron chi connectivity index (χ0n) is 12.1. The van der Waals surface area contributed by atoms with Gasteiger partial charge in [-0.3, -0.25) is 19.7 Å². The molecule has 2 rings (SSSR count). The molecule has 2 aromatic carbocycles. The van der Waals surface area contributed by atoms with Crippen molar-refractivity contribution in [2.45, 2.75) is 6.54 Å². The van der Waals surface area contributed by atoms with Crippen LogP contribution in [0.15, 0.2) is 48.5 Å². The molecule has 118 valence electrons. The maximum atomic E-state index is 12.4. The normalized spacial score (nSPS) is 10.3. The van der Waals surface area contributed by atoms with E-state index in [4.69, 9.17) is 5.11 Å². The fourth-order valence-corrected chi connectivity index (χ4v) is 2.11. The largest absolute Gasteiger partial charge is 0.480 e. The van der Waals surface area contributed by atoms with Gasteiger partial charge in [0, 0.05) is 29.3 Å². The Balaban J connectivity index is 2.30. The molecule has 0 saturated heterocycles. The van der Waals surface area contributed by atoms with Crippen molar-refractivity contribution in [3.05, 3.63) is 75.3 Å². The fraction of sp³-hybridized carbons (Fsp3) is 0.125. The quantitative estimate of drug-likeness (QED) is 0.459. The van der Waals surface area contributed by atoms with Crippen LogP contribution in [0.2, 0.25) is 0 Å². The van der Waals surface area contributed by atoms with E-state index in [1.165, 1.54) is 18.2 Å². The molecule has 0 saturated carbocycles. The fourth-order valence-electron chi connectivity index (χ4n) is 2.11. The van der Waals surface area contributed by atoms with Crippen LogP contribution < -0.4 is 5.32 Å². The first-order chi connectivity index (χ1) is 11.0. The molecule has 23 heavy (non-hydrogen) atoms. The number of hydrogen-bond donors (Lipinski definition) is 2. The van der Waals surface area contributed by atoms with Crippen molar-refractivity contribution in [3.8, 4) is 0 Å². The van der Waals surface area contributed by atoms with Crippen LogP contribution in [0.5, 0.6) is 0 Å². The highest BCUT2D eigenvalue weighted by Crippen LogP contribution is 2.21. The van der Waals surface area contributed by atoms with Crippen LogP contribution in [-0.2, 0) is 11.3 Å². The standard InChI is InChI=1S/C16H14N2O5/c19-15(20)10-17-9-13-8-12(6-7-14(13)18(22)23)16(21)11-4-2-1-3-5-11/h1-8,17H,9-10H2,(H,19,20). The second-order valence-corrected chi connectivity index (χ2v) is 4.79. The number of aliphatic carboxylic acids is 1. The number of nitro benzene ring substituents is 1. The Morgan fingerprint density at radius 2 is 1.78 bits per heavy atom. The third kappa shape index (κ3) is 4.21. The van der Waals surface area contributed by atoms with Crippen molar-refractivity contribution in [2.24, 2.45) is 0 Å². The van der Waals surface area contributed by atoms with Crippen molar-refractivity contribution in [1.82, 2.24) is 5.32 Å². The molecule has 0 aliphatic heterocycles. The van der Waals surface area contributed by atoms with Crippen molar-refractivity contribution in [1.29, 1.82) is 0 Å². The Hall–Kier alpha value is -3.06. The van der Waals surface area contributed by atoms with E-state index in [9.17, 15) is 19.7 Å². The number of nitrogens with zero attached hydrogens (tertiary/aromatic N) is 1. The third-order valence-corrected chi connectivity index (χ3v) is 3.17. The maximum Gasteiger partial charge on any atom is 0.317 e. The highest BCUT2D eigenvalue weighted by molar-refractivity contribution is 6.09. The number of hydrogen-bond acceptors (Lipinski definition) is 5. The van der Waals surface area contributed by atoms with Gasteiger partial charge in [0.1, 0.15) is 0 Å². The number of carboxylic acid groups (broad SMARTS) is 1. The van der Waals surface area contributed by atoms with Gasteiger partial charge in [0.2, 0.25) is 0 Å². The van der Waals surface area contributed by atoms with Gasteiger partial charge in [0.05, 0.1) is 11.5 Å². The van der Waals surface area contributed by atoms with Gasteiger partial charge in [0.15, 0.2) is 5.78 Å². The molecular weight excluding hydrogens is 300 g/mol. The van der Waals surface area contributed by atoms with E-state index in [1.807, 2.05) is 0 Å². The second kappa shape index (κ2) is 7.28. The highest BCUT2D eigenvalue weighted by atomic mass is 16.6. The molecule has 0 fully saturated rings. The van der Waals surface area contributed by atoms with Crippen molar-refractivity contribution in [3.63, 3.8) is 0 Å². The number of ketones is 1. The van der Waals surface area contributed by atoms with Crippen LogP contribution in [-0.4, -0.2) is 28.3 Å². The van der Waals surface area contributed by atoms with Crippen LogP contribution in [0, 0.1) is 10.1 Å². The SMILES string of the molecule is O=C(O)CNCc1cc(C(=O)c2ccccc2)ccc1[N+](=O)[O-]. The first-order valence-electron chi connectivity index (χ1n) is 6.78. The Morgan fingerprint density at radius 1 is 1.09 bits per heavy atom. The smallest absolute Gasteiger partial charge is 0.317 e. The minimum absolute atomic E-state index is 0.0154. The molecule has 2 aromatic rings. The van der Waals surface area contributed by atoms with E-state index in [-0.39, 0.29) is 30.1 Å². The lowest BCUT2D eigenvalue weighted by Gasteiger charge is -2.07. The third-order valence-electron chi connectivity index (χ3n) is 3.17. The van der Waals surface area contributed by atoms with Crippen molar-refractivity contribution < 1.29 is 19.6 Å². The van der Waals surface area contributed by atoms with Crippen LogP contribution in [0.1, 0.15) is 21.5 Å². The molecule has 0 unspecified atom stereocenters. The summed E-state index contributed by atoms with van der Waals surface area (Å²) < 4.78 is 0. The molecule has 2 N–H and O–H groups in total. The Morgan fingerprint density at radius 3 is 2.39 bits per heavy atom. The zero-order chi connectivity index (χ0) is 16.8. The molecule has 0 aromatic heterocycles. The van der Waals surface area contributed by atoms with Crippen molar-refractivity contribution >= 4 is 17.4 Å². The summed E-state index contributed by atoms with van der Waals surface area (Å²) in [5.41, 5.74) is 0.894. The number of nitrogens with one attached hydrogen (secondary N) is 1. The molecule has 0 radical (unpaired) electrons. The van der Waals surface area contributed by atoms with E-state index >= 15 is 0 Å². The summed E-state index contributed by atoms with van der Waals surface area (Å²) in [6.45, 7) is -0.341. The first-order valence-corrected chi connectivity index (χ1v) is 6.78. The van der Waals surface area contributed by atoms with Crippen molar-refractivity contribution in [2.75, 3.05) is 6.54 Å². The molecule has 0 atom stereocenters. The lowest BCUT2D eigenvalue weighted by Crippen LogP contribution is -2.22. The number of carbonyl (C=O) groups is 2. The summed E-state index contributed by atoms with van der Waals surface area (Å²) in [5, 5.41) is 22.2. The number of benzene rings is 2. The van der Waals surface area contributed by atoms with E-state index in [2.05, 4.69) is 5.32 Å². The van der Waals surface area contributed by atoms with Gasteiger partial charge in [-0.05, 0) is 12.1 Å². The average Bonchev–Trinajstić information content (AvgIpc) is 2.54. The predicted octanol–water partition coefficient (Wildman–Crippen LogP) is 2.00. The van der Waals surface area contributed by atoms with E-state index in [0.29, 0.717) is 11.1 Å². The number of nitro groups is 1. The Kier molecular flexibility index (Phi) is 5.16.